The number of anilines is 1. The minimum atomic E-state index is -3.89. The molecule has 5 atom stereocenters. The molecule has 250 valence electrons. The van der Waals surface area contributed by atoms with Crippen LogP contribution >= 0.6 is 11.6 Å². The highest BCUT2D eigenvalue weighted by Crippen LogP contribution is 2.47. The lowest BCUT2D eigenvalue weighted by Gasteiger charge is -2.46. The Morgan fingerprint density at radius 2 is 2.04 bits per heavy atom. The van der Waals surface area contributed by atoms with Crippen molar-refractivity contribution < 1.29 is 22.7 Å². The number of hydrogen-bond donors (Lipinski definition) is 1. The summed E-state index contributed by atoms with van der Waals surface area (Å²) < 4.78 is 43.5. The van der Waals surface area contributed by atoms with Gasteiger partial charge in [0.05, 0.1) is 36.5 Å². The Kier molecular flexibility index (Phi) is 8.82. The van der Waals surface area contributed by atoms with Gasteiger partial charge in [-0.05, 0) is 105 Å². The second-order valence-corrected chi connectivity index (χ2v) is 16.3. The molecule has 1 spiro atoms. The Balaban J connectivity index is 1.26. The number of hydrogen-bond acceptors (Lipinski definition) is 8. The van der Waals surface area contributed by atoms with E-state index in [4.69, 9.17) is 21.1 Å². The molecule has 1 aromatic heterocycles. The van der Waals surface area contributed by atoms with Crippen molar-refractivity contribution in [1.29, 1.82) is 0 Å². The van der Waals surface area contributed by atoms with E-state index in [1.54, 1.807) is 23.7 Å². The number of ether oxygens (including phenoxy) is 2. The van der Waals surface area contributed by atoms with Gasteiger partial charge in [0, 0.05) is 36.1 Å². The van der Waals surface area contributed by atoms with Crippen molar-refractivity contribution in [3.8, 4) is 5.75 Å². The van der Waals surface area contributed by atoms with Gasteiger partial charge in [0.15, 0.2) is 0 Å². The zero-order chi connectivity index (χ0) is 32.8. The van der Waals surface area contributed by atoms with Gasteiger partial charge in [-0.1, -0.05) is 35.0 Å². The Morgan fingerprint density at radius 1 is 1.17 bits per heavy atom. The first-order valence-electron chi connectivity index (χ1n) is 16.6. The normalized spacial score (nSPS) is 29.4. The molecule has 0 unspecified atom stereocenters. The number of nitrogens with zero attached hydrogens (tertiary/aromatic N) is 4. The van der Waals surface area contributed by atoms with Crippen LogP contribution < -0.4 is 14.4 Å². The molecule has 2 aliphatic heterocycles. The molecule has 0 radical (unpaired) electrons. The molecule has 10 nitrogen and oxygen atoms in total. The van der Waals surface area contributed by atoms with Crippen LogP contribution in [0.1, 0.15) is 72.6 Å². The van der Waals surface area contributed by atoms with Crippen LogP contribution in [0.25, 0.3) is 0 Å². The average molecular weight is 680 g/mol. The quantitative estimate of drug-likeness (QED) is 0.369. The first-order chi connectivity index (χ1) is 22.6. The SMILES string of the molecule is C[C@@H]1CC/C=C\[C@H](OCc2cn(C)nn2)[C@@H]2CC[C@H]2CN2C[C@@]3(CCCc4cc(Cl)ccc43)COc3ccc(cc32)C(=O)NS1(=O)=O. The van der Waals surface area contributed by atoms with Gasteiger partial charge in [0.1, 0.15) is 11.4 Å². The van der Waals surface area contributed by atoms with Gasteiger partial charge in [-0.2, -0.15) is 0 Å². The van der Waals surface area contributed by atoms with Gasteiger partial charge < -0.3 is 14.4 Å². The van der Waals surface area contributed by atoms with Gasteiger partial charge in [-0.25, -0.2) is 13.1 Å². The molecule has 2 bridgehead atoms. The number of aryl methyl sites for hydroxylation is 2. The summed E-state index contributed by atoms with van der Waals surface area (Å²) >= 11 is 6.44. The number of nitrogens with one attached hydrogen (secondary N) is 1. The van der Waals surface area contributed by atoms with Crippen molar-refractivity contribution in [2.45, 2.75) is 75.2 Å². The Labute approximate surface area is 281 Å². The molecule has 1 saturated carbocycles. The molecule has 7 rings (SSSR count). The van der Waals surface area contributed by atoms with E-state index >= 15 is 0 Å². The molecule has 1 amide bonds. The average Bonchev–Trinajstić information content (AvgIpc) is 3.39. The highest BCUT2D eigenvalue weighted by Gasteiger charge is 2.44. The fraction of sp³-hybridized carbons (Fsp3) is 0.514. The highest BCUT2D eigenvalue weighted by atomic mass is 35.5. The van der Waals surface area contributed by atoms with Crippen LogP contribution in [0.3, 0.4) is 0 Å². The molecule has 2 aliphatic carbocycles. The Bertz CT molecular complexity index is 1790. The van der Waals surface area contributed by atoms with E-state index in [2.05, 4.69) is 38.1 Å². The number of carbonyl (C=O) groups excluding carboxylic acids is 1. The van der Waals surface area contributed by atoms with Gasteiger partial charge in [0.2, 0.25) is 10.0 Å². The fourth-order valence-electron chi connectivity index (χ4n) is 7.76. The summed E-state index contributed by atoms with van der Waals surface area (Å²) in [5, 5.41) is 8.25. The maximum atomic E-state index is 13.4. The molecule has 47 heavy (non-hydrogen) atoms. The number of halogens is 1. The topological polar surface area (TPSA) is 116 Å². The van der Waals surface area contributed by atoms with E-state index in [-0.39, 0.29) is 17.4 Å². The summed E-state index contributed by atoms with van der Waals surface area (Å²) in [7, 11) is -2.06. The van der Waals surface area contributed by atoms with Crippen LogP contribution in [-0.2, 0) is 40.3 Å². The van der Waals surface area contributed by atoms with Crippen LogP contribution in [0.15, 0.2) is 54.7 Å². The van der Waals surface area contributed by atoms with Crippen molar-refractivity contribution in [3.63, 3.8) is 0 Å². The molecule has 12 heteroatoms. The number of carbonyl (C=O) groups is 1. The number of rotatable bonds is 3. The first-order valence-corrected chi connectivity index (χ1v) is 18.5. The minimum Gasteiger partial charge on any atom is -0.490 e. The van der Waals surface area contributed by atoms with E-state index in [9.17, 15) is 13.2 Å². The van der Waals surface area contributed by atoms with Crippen LogP contribution in [0.5, 0.6) is 5.75 Å². The molecular weight excluding hydrogens is 638 g/mol. The fourth-order valence-corrected chi connectivity index (χ4v) is 8.98. The van der Waals surface area contributed by atoms with E-state index in [1.807, 2.05) is 31.5 Å². The molecule has 3 aromatic rings. The largest absolute Gasteiger partial charge is 0.490 e. The molecule has 4 aliphatic rings. The molecular formula is C35H42ClN5O5S. The Morgan fingerprint density at radius 3 is 2.83 bits per heavy atom. The van der Waals surface area contributed by atoms with Gasteiger partial charge in [0.25, 0.3) is 5.91 Å². The van der Waals surface area contributed by atoms with E-state index in [1.165, 1.54) is 11.1 Å². The monoisotopic (exact) mass is 679 g/mol. The second-order valence-electron chi connectivity index (χ2n) is 13.7. The number of sulfonamides is 1. The lowest BCUT2D eigenvalue weighted by atomic mass is 9.68. The van der Waals surface area contributed by atoms with Gasteiger partial charge in [-0.3, -0.25) is 9.48 Å². The van der Waals surface area contributed by atoms with Gasteiger partial charge in [-0.15, -0.1) is 5.10 Å². The zero-order valence-electron chi connectivity index (χ0n) is 26.9. The number of aromatic nitrogens is 3. The van der Waals surface area contributed by atoms with Crippen LogP contribution in [0.2, 0.25) is 5.02 Å². The van der Waals surface area contributed by atoms with Crippen LogP contribution in [0.4, 0.5) is 5.69 Å². The molecule has 2 aromatic carbocycles. The number of benzene rings is 2. The maximum Gasteiger partial charge on any atom is 0.264 e. The van der Waals surface area contributed by atoms with Crippen molar-refractivity contribution in [1.82, 2.24) is 19.7 Å². The Hall–Kier alpha value is -3.41. The third-order valence-electron chi connectivity index (χ3n) is 10.6. The van der Waals surface area contributed by atoms with E-state index in [0.29, 0.717) is 49.8 Å². The molecule has 1 N–H and O–H groups in total. The smallest absolute Gasteiger partial charge is 0.264 e. The predicted octanol–water partition coefficient (Wildman–Crippen LogP) is 5.35. The number of allylic oxidation sites excluding steroid dienone is 1. The molecule has 3 heterocycles. The third-order valence-corrected chi connectivity index (χ3v) is 12.6. The number of amides is 1. The maximum absolute atomic E-state index is 13.4. The van der Waals surface area contributed by atoms with Crippen molar-refractivity contribution in [2.75, 3.05) is 24.6 Å². The lowest BCUT2D eigenvalue weighted by molar-refractivity contribution is -0.0237. The summed E-state index contributed by atoms with van der Waals surface area (Å²) in [6.07, 6.45) is 11.8. The summed E-state index contributed by atoms with van der Waals surface area (Å²) in [4.78, 5) is 15.8. The summed E-state index contributed by atoms with van der Waals surface area (Å²) in [5.74, 6) is 0.679. The van der Waals surface area contributed by atoms with Crippen molar-refractivity contribution in [3.05, 3.63) is 82.2 Å². The zero-order valence-corrected chi connectivity index (χ0v) is 28.5. The summed E-state index contributed by atoms with van der Waals surface area (Å²) in [6, 6.07) is 11.5. The van der Waals surface area contributed by atoms with Crippen molar-refractivity contribution in [2.24, 2.45) is 18.9 Å². The first kappa shape index (κ1) is 32.2. The van der Waals surface area contributed by atoms with Crippen molar-refractivity contribution >= 4 is 33.2 Å². The summed E-state index contributed by atoms with van der Waals surface area (Å²) in [5.41, 5.74) is 4.14. The van der Waals surface area contributed by atoms with Crippen LogP contribution in [0, 0.1) is 11.8 Å². The van der Waals surface area contributed by atoms with E-state index in [0.717, 1.165) is 55.1 Å². The predicted molar refractivity (Wildman–Crippen MR) is 180 cm³/mol. The lowest BCUT2D eigenvalue weighted by Crippen LogP contribution is -2.49. The van der Waals surface area contributed by atoms with E-state index < -0.39 is 21.2 Å². The number of fused-ring (bicyclic) bond motifs is 4. The second kappa shape index (κ2) is 12.9. The minimum absolute atomic E-state index is 0.157. The summed E-state index contributed by atoms with van der Waals surface area (Å²) in [6.45, 7) is 3.94. The van der Waals surface area contributed by atoms with Crippen LogP contribution in [-0.4, -0.2) is 60.4 Å². The standard InChI is InChI=1S/C35H42ClN5O5S/c1-23-6-3-4-8-32(45-20-28-19-40(2)39-37-28)29-12-9-26(29)18-41-21-35(15-5-7-24-16-27(36)11-13-30(24)35)22-46-33-14-10-25(17-31(33)41)34(42)38-47(23,43)44/h4,8,10-11,13-14,16-17,19,23,26,29,32H,3,5-7,9,12,15,18,20-22H2,1-2H3,(H,38,42)/b8-4-/t23-,26+,29-,32+,35+/m1/s1. The highest BCUT2D eigenvalue weighted by molar-refractivity contribution is 7.90. The van der Waals surface area contributed by atoms with Gasteiger partial charge >= 0.3 is 0 Å². The molecule has 1 fully saturated rings. The molecule has 0 saturated heterocycles. The third kappa shape index (κ3) is 6.54.